The van der Waals surface area contributed by atoms with Crippen molar-refractivity contribution in [3.8, 4) is 11.1 Å². The molecule has 1 atom stereocenters. The summed E-state index contributed by atoms with van der Waals surface area (Å²) in [6.45, 7) is 0. The van der Waals surface area contributed by atoms with Crippen LogP contribution in [0.4, 0.5) is 0 Å². The average Bonchev–Trinajstić information content (AvgIpc) is 2.83. The lowest BCUT2D eigenvalue weighted by Gasteiger charge is -2.19. The van der Waals surface area contributed by atoms with E-state index in [-0.39, 0.29) is 6.04 Å². The Bertz CT molecular complexity index is 980. The highest BCUT2D eigenvalue weighted by Gasteiger charge is 2.40. The molecule has 0 aromatic heterocycles. The van der Waals surface area contributed by atoms with Crippen molar-refractivity contribution >= 4 is 10.0 Å². The monoisotopic (exact) mass is 335 g/mol. The lowest BCUT2D eigenvalue weighted by Crippen LogP contribution is -2.24. The fraction of sp³-hybridized carbons (Fsp3) is 0.100. The van der Waals surface area contributed by atoms with Crippen molar-refractivity contribution in [2.75, 3.05) is 7.05 Å². The van der Waals surface area contributed by atoms with E-state index in [1.807, 2.05) is 54.6 Å². The third-order valence-electron chi connectivity index (χ3n) is 4.57. The quantitative estimate of drug-likeness (QED) is 0.708. The minimum Gasteiger partial charge on any atom is -0.207 e. The van der Waals surface area contributed by atoms with Gasteiger partial charge in [-0.3, -0.25) is 0 Å². The zero-order chi connectivity index (χ0) is 16.7. The molecule has 0 saturated carbocycles. The fourth-order valence-corrected chi connectivity index (χ4v) is 4.86. The van der Waals surface area contributed by atoms with Crippen LogP contribution in [0.25, 0.3) is 11.1 Å². The molecule has 3 aromatic carbocycles. The van der Waals surface area contributed by atoms with E-state index in [0.717, 1.165) is 22.3 Å². The predicted octanol–water partition coefficient (Wildman–Crippen LogP) is 4.08. The van der Waals surface area contributed by atoms with E-state index in [1.54, 1.807) is 19.2 Å². The maximum Gasteiger partial charge on any atom is 0.244 e. The summed E-state index contributed by atoms with van der Waals surface area (Å²) < 4.78 is 26.6. The number of hydrogen-bond acceptors (Lipinski definition) is 2. The van der Waals surface area contributed by atoms with Crippen LogP contribution in [0.3, 0.4) is 0 Å². The number of nitrogens with zero attached hydrogens (tertiary/aromatic N) is 1. The van der Waals surface area contributed by atoms with Gasteiger partial charge in [-0.1, -0.05) is 72.8 Å². The Morgan fingerprint density at radius 3 is 2.04 bits per heavy atom. The number of benzene rings is 3. The van der Waals surface area contributed by atoms with Crippen molar-refractivity contribution in [2.45, 2.75) is 10.9 Å². The van der Waals surface area contributed by atoms with Gasteiger partial charge in [0.15, 0.2) is 0 Å². The third kappa shape index (κ3) is 2.27. The number of hydrogen-bond donors (Lipinski definition) is 0. The standard InChI is InChI=1S/C20H17NO2S/c1-21-20(18-9-5-6-10-19(18)24(21,22)23)17-13-11-16(12-14-17)15-7-3-2-4-8-15/h2-14,20H,1H3. The fourth-order valence-electron chi connectivity index (χ4n) is 3.31. The van der Waals surface area contributed by atoms with E-state index in [4.69, 9.17) is 0 Å². The van der Waals surface area contributed by atoms with Gasteiger partial charge >= 0.3 is 0 Å². The van der Waals surface area contributed by atoms with Crippen molar-refractivity contribution in [3.05, 3.63) is 90.0 Å². The summed E-state index contributed by atoms with van der Waals surface area (Å²) in [6, 6.07) is 25.2. The minimum atomic E-state index is -3.41. The van der Waals surface area contributed by atoms with Gasteiger partial charge in [-0.05, 0) is 28.3 Å². The first-order valence-electron chi connectivity index (χ1n) is 7.81. The van der Waals surface area contributed by atoms with Gasteiger partial charge in [0, 0.05) is 7.05 Å². The van der Waals surface area contributed by atoms with Crippen LogP contribution in [0.5, 0.6) is 0 Å². The SMILES string of the molecule is CN1C(c2ccc(-c3ccccc3)cc2)c2ccccc2S1(=O)=O. The van der Waals surface area contributed by atoms with Gasteiger partial charge in [0.05, 0.1) is 10.9 Å². The molecule has 24 heavy (non-hydrogen) atoms. The Kier molecular flexibility index (Phi) is 3.52. The van der Waals surface area contributed by atoms with Crippen LogP contribution in [0.1, 0.15) is 17.2 Å². The molecule has 0 amide bonds. The summed E-state index contributed by atoms with van der Waals surface area (Å²) in [7, 11) is -1.77. The molecule has 1 aliphatic heterocycles. The molecule has 3 aromatic rings. The van der Waals surface area contributed by atoms with Gasteiger partial charge in [-0.15, -0.1) is 0 Å². The second-order valence-corrected chi connectivity index (χ2v) is 7.92. The van der Waals surface area contributed by atoms with E-state index in [1.165, 1.54) is 4.31 Å². The van der Waals surface area contributed by atoms with E-state index in [2.05, 4.69) is 12.1 Å². The zero-order valence-corrected chi connectivity index (χ0v) is 14.1. The van der Waals surface area contributed by atoms with Crippen LogP contribution in [0, 0.1) is 0 Å². The summed E-state index contributed by atoms with van der Waals surface area (Å²) in [5, 5.41) is 0. The zero-order valence-electron chi connectivity index (χ0n) is 13.3. The Morgan fingerprint density at radius 2 is 1.33 bits per heavy atom. The lowest BCUT2D eigenvalue weighted by molar-refractivity contribution is 0.440. The Morgan fingerprint density at radius 1 is 0.750 bits per heavy atom. The van der Waals surface area contributed by atoms with Gasteiger partial charge in [0.2, 0.25) is 10.0 Å². The normalized spacial score (nSPS) is 19.1. The molecule has 4 rings (SSSR count). The molecule has 0 bridgehead atoms. The molecular formula is C20H17NO2S. The maximum absolute atomic E-state index is 12.6. The van der Waals surface area contributed by atoms with Crippen molar-refractivity contribution in [1.82, 2.24) is 4.31 Å². The Balaban J connectivity index is 1.77. The molecular weight excluding hydrogens is 318 g/mol. The molecule has 0 radical (unpaired) electrons. The molecule has 4 heteroatoms. The number of fused-ring (bicyclic) bond motifs is 1. The molecule has 0 N–H and O–H groups in total. The van der Waals surface area contributed by atoms with Gasteiger partial charge in [0.1, 0.15) is 0 Å². The Hall–Kier alpha value is -2.43. The summed E-state index contributed by atoms with van der Waals surface area (Å²) in [5.41, 5.74) is 4.09. The molecule has 3 nitrogen and oxygen atoms in total. The summed E-state index contributed by atoms with van der Waals surface area (Å²) in [6.07, 6.45) is 0. The minimum absolute atomic E-state index is 0.268. The average molecular weight is 335 g/mol. The lowest BCUT2D eigenvalue weighted by atomic mass is 9.96. The highest BCUT2D eigenvalue weighted by atomic mass is 32.2. The van der Waals surface area contributed by atoms with Crippen LogP contribution in [0.2, 0.25) is 0 Å². The molecule has 120 valence electrons. The van der Waals surface area contributed by atoms with E-state index in [0.29, 0.717) is 4.90 Å². The first-order valence-corrected chi connectivity index (χ1v) is 9.25. The number of sulfonamides is 1. The largest absolute Gasteiger partial charge is 0.244 e. The van der Waals surface area contributed by atoms with Crippen LogP contribution in [-0.4, -0.2) is 19.8 Å². The Labute approximate surface area is 142 Å². The van der Waals surface area contributed by atoms with Gasteiger partial charge in [-0.2, -0.15) is 4.31 Å². The van der Waals surface area contributed by atoms with Crippen LogP contribution >= 0.6 is 0 Å². The first kappa shape index (κ1) is 15.1. The summed E-state index contributed by atoms with van der Waals surface area (Å²) in [4.78, 5) is 0.407. The summed E-state index contributed by atoms with van der Waals surface area (Å²) in [5.74, 6) is 0. The maximum atomic E-state index is 12.6. The first-order chi connectivity index (χ1) is 11.6. The smallest absolute Gasteiger partial charge is 0.207 e. The van der Waals surface area contributed by atoms with Gasteiger partial charge in [0.25, 0.3) is 0 Å². The second kappa shape index (κ2) is 5.58. The molecule has 0 aliphatic carbocycles. The molecule has 0 fully saturated rings. The third-order valence-corrected chi connectivity index (χ3v) is 6.46. The molecule has 1 unspecified atom stereocenters. The highest BCUT2D eigenvalue weighted by molar-refractivity contribution is 7.89. The van der Waals surface area contributed by atoms with Crippen LogP contribution in [0.15, 0.2) is 83.8 Å². The number of rotatable bonds is 2. The van der Waals surface area contributed by atoms with Crippen molar-refractivity contribution in [3.63, 3.8) is 0 Å². The van der Waals surface area contributed by atoms with Gasteiger partial charge in [-0.25, -0.2) is 8.42 Å². The molecule has 0 saturated heterocycles. The van der Waals surface area contributed by atoms with Crippen LogP contribution < -0.4 is 0 Å². The molecule has 1 heterocycles. The topological polar surface area (TPSA) is 37.4 Å². The second-order valence-electron chi connectivity index (χ2n) is 5.95. The van der Waals surface area contributed by atoms with Gasteiger partial charge < -0.3 is 0 Å². The van der Waals surface area contributed by atoms with Crippen molar-refractivity contribution in [1.29, 1.82) is 0 Å². The van der Waals surface area contributed by atoms with E-state index in [9.17, 15) is 8.42 Å². The highest BCUT2D eigenvalue weighted by Crippen LogP contribution is 2.42. The molecule has 0 spiro atoms. The predicted molar refractivity (Wildman–Crippen MR) is 95.1 cm³/mol. The van der Waals surface area contributed by atoms with Crippen molar-refractivity contribution in [2.24, 2.45) is 0 Å². The van der Waals surface area contributed by atoms with Crippen molar-refractivity contribution < 1.29 is 8.42 Å². The summed E-state index contributed by atoms with van der Waals surface area (Å²) >= 11 is 0. The van der Waals surface area contributed by atoms with E-state index < -0.39 is 10.0 Å². The molecule has 1 aliphatic rings. The van der Waals surface area contributed by atoms with E-state index >= 15 is 0 Å². The van der Waals surface area contributed by atoms with Crippen LogP contribution in [-0.2, 0) is 10.0 Å².